The summed E-state index contributed by atoms with van der Waals surface area (Å²) in [7, 11) is 0. The lowest BCUT2D eigenvalue weighted by molar-refractivity contribution is 0.422. The standard InChI is InChI=1S/C16H22N2S/c1-5-14-18-13(11-17-16(2,3)4)15(19-14)12-9-7-6-8-10-12/h6-10,17H,5,11H2,1-4H3. The van der Waals surface area contributed by atoms with Crippen LogP contribution < -0.4 is 5.32 Å². The molecule has 0 saturated carbocycles. The minimum absolute atomic E-state index is 0.115. The zero-order chi connectivity index (χ0) is 13.9. The van der Waals surface area contributed by atoms with Crippen molar-refractivity contribution in [3.8, 4) is 10.4 Å². The number of hydrogen-bond donors (Lipinski definition) is 1. The van der Waals surface area contributed by atoms with Gasteiger partial charge in [-0.3, -0.25) is 0 Å². The molecule has 3 heteroatoms. The van der Waals surface area contributed by atoms with Crippen molar-refractivity contribution in [2.75, 3.05) is 0 Å². The summed E-state index contributed by atoms with van der Waals surface area (Å²) in [4.78, 5) is 6.06. The average molecular weight is 274 g/mol. The van der Waals surface area contributed by atoms with E-state index in [1.807, 2.05) is 11.3 Å². The Labute approximate surface area is 119 Å². The largest absolute Gasteiger partial charge is 0.306 e. The van der Waals surface area contributed by atoms with Gasteiger partial charge in [0, 0.05) is 12.1 Å². The summed E-state index contributed by atoms with van der Waals surface area (Å²) in [5.74, 6) is 0. The second-order valence-corrected chi connectivity index (χ2v) is 6.79. The molecule has 1 aromatic carbocycles. The van der Waals surface area contributed by atoms with Crippen molar-refractivity contribution in [2.24, 2.45) is 0 Å². The molecule has 102 valence electrons. The molecule has 0 fully saturated rings. The Balaban J connectivity index is 2.29. The molecule has 0 aliphatic carbocycles. The monoisotopic (exact) mass is 274 g/mol. The van der Waals surface area contributed by atoms with Crippen LogP contribution in [0.5, 0.6) is 0 Å². The smallest absolute Gasteiger partial charge is 0.0932 e. The first-order valence-corrected chi connectivity index (χ1v) is 7.60. The topological polar surface area (TPSA) is 24.9 Å². The molecule has 0 aliphatic heterocycles. The highest BCUT2D eigenvalue weighted by atomic mass is 32.1. The maximum atomic E-state index is 4.76. The zero-order valence-corrected chi connectivity index (χ0v) is 13.0. The van der Waals surface area contributed by atoms with Gasteiger partial charge in [-0.15, -0.1) is 11.3 Å². The van der Waals surface area contributed by atoms with Crippen LogP contribution in [0.4, 0.5) is 0 Å². The van der Waals surface area contributed by atoms with E-state index in [2.05, 4.69) is 63.3 Å². The predicted molar refractivity (Wildman–Crippen MR) is 83.5 cm³/mol. The van der Waals surface area contributed by atoms with Gasteiger partial charge in [0.1, 0.15) is 0 Å². The summed E-state index contributed by atoms with van der Waals surface area (Å²) >= 11 is 1.81. The molecule has 1 N–H and O–H groups in total. The van der Waals surface area contributed by atoms with Crippen LogP contribution in [0.25, 0.3) is 10.4 Å². The molecule has 2 rings (SSSR count). The Bertz CT molecular complexity index is 523. The minimum Gasteiger partial charge on any atom is -0.306 e. The van der Waals surface area contributed by atoms with Crippen molar-refractivity contribution >= 4 is 11.3 Å². The Morgan fingerprint density at radius 1 is 1.16 bits per heavy atom. The second kappa shape index (κ2) is 5.85. The van der Waals surface area contributed by atoms with Crippen LogP contribution in [0.1, 0.15) is 38.4 Å². The van der Waals surface area contributed by atoms with Crippen LogP contribution in [-0.2, 0) is 13.0 Å². The van der Waals surface area contributed by atoms with E-state index < -0.39 is 0 Å². The number of aromatic nitrogens is 1. The Morgan fingerprint density at radius 3 is 2.42 bits per heavy atom. The number of nitrogens with one attached hydrogen (secondary N) is 1. The number of aryl methyl sites for hydroxylation is 1. The number of rotatable bonds is 4. The number of benzene rings is 1. The van der Waals surface area contributed by atoms with E-state index in [1.54, 1.807) is 0 Å². The highest BCUT2D eigenvalue weighted by Crippen LogP contribution is 2.30. The van der Waals surface area contributed by atoms with Crippen molar-refractivity contribution in [3.05, 3.63) is 41.0 Å². The van der Waals surface area contributed by atoms with Crippen molar-refractivity contribution in [1.82, 2.24) is 10.3 Å². The molecular formula is C16H22N2S. The molecule has 1 heterocycles. The Morgan fingerprint density at radius 2 is 1.84 bits per heavy atom. The SMILES string of the molecule is CCc1nc(CNC(C)(C)C)c(-c2ccccc2)s1. The van der Waals surface area contributed by atoms with E-state index in [0.717, 1.165) is 13.0 Å². The first kappa shape index (κ1) is 14.2. The van der Waals surface area contributed by atoms with Gasteiger partial charge in [-0.1, -0.05) is 37.3 Å². The summed E-state index contributed by atoms with van der Waals surface area (Å²) in [6, 6.07) is 10.5. The maximum absolute atomic E-state index is 4.76. The van der Waals surface area contributed by atoms with Crippen LogP contribution in [0.2, 0.25) is 0 Å². The number of thiazole rings is 1. The van der Waals surface area contributed by atoms with Crippen LogP contribution in [-0.4, -0.2) is 10.5 Å². The molecule has 0 unspecified atom stereocenters. The third-order valence-corrected chi connectivity index (χ3v) is 4.16. The summed E-state index contributed by atoms with van der Waals surface area (Å²) in [6.45, 7) is 9.53. The molecule has 2 nitrogen and oxygen atoms in total. The lowest BCUT2D eigenvalue weighted by Gasteiger charge is -2.20. The molecule has 0 aliphatic rings. The summed E-state index contributed by atoms with van der Waals surface area (Å²) in [5, 5.41) is 4.74. The summed E-state index contributed by atoms with van der Waals surface area (Å²) in [5.41, 5.74) is 2.55. The molecule has 1 aromatic heterocycles. The maximum Gasteiger partial charge on any atom is 0.0932 e. The van der Waals surface area contributed by atoms with Gasteiger partial charge in [-0.2, -0.15) is 0 Å². The average Bonchev–Trinajstić information content (AvgIpc) is 2.80. The first-order valence-electron chi connectivity index (χ1n) is 6.78. The molecule has 0 spiro atoms. The van der Waals surface area contributed by atoms with Crippen LogP contribution in [0.15, 0.2) is 30.3 Å². The Hall–Kier alpha value is -1.19. The van der Waals surface area contributed by atoms with Gasteiger partial charge in [0.25, 0.3) is 0 Å². The van der Waals surface area contributed by atoms with Gasteiger partial charge in [-0.05, 0) is 32.8 Å². The van der Waals surface area contributed by atoms with Crippen LogP contribution in [0.3, 0.4) is 0 Å². The van der Waals surface area contributed by atoms with Gasteiger partial charge in [0.15, 0.2) is 0 Å². The second-order valence-electron chi connectivity index (χ2n) is 5.71. The third-order valence-electron chi connectivity index (χ3n) is 2.87. The van der Waals surface area contributed by atoms with Crippen LogP contribution >= 0.6 is 11.3 Å². The van der Waals surface area contributed by atoms with Gasteiger partial charge < -0.3 is 5.32 Å². The fraction of sp³-hybridized carbons (Fsp3) is 0.438. The minimum atomic E-state index is 0.115. The zero-order valence-electron chi connectivity index (χ0n) is 12.2. The van der Waals surface area contributed by atoms with Gasteiger partial charge in [0.05, 0.1) is 15.6 Å². The molecule has 2 aromatic rings. The summed E-state index contributed by atoms with van der Waals surface area (Å²) < 4.78 is 0. The molecule has 19 heavy (non-hydrogen) atoms. The van der Waals surface area contributed by atoms with E-state index in [-0.39, 0.29) is 5.54 Å². The van der Waals surface area contributed by atoms with Crippen molar-refractivity contribution in [2.45, 2.75) is 46.2 Å². The quantitative estimate of drug-likeness (QED) is 0.901. The molecular weight excluding hydrogens is 252 g/mol. The van der Waals surface area contributed by atoms with E-state index in [1.165, 1.54) is 21.1 Å². The normalized spacial score (nSPS) is 11.8. The van der Waals surface area contributed by atoms with Crippen molar-refractivity contribution in [3.63, 3.8) is 0 Å². The van der Waals surface area contributed by atoms with Crippen LogP contribution in [0, 0.1) is 0 Å². The lowest BCUT2D eigenvalue weighted by Crippen LogP contribution is -2.35. The van der Waals surface area contributed by atoms with E-state index >= 15 is 0 Å². The first-order chi connectivity index (χ1) is 8.99. The predicted octanol–water partition coefficient (Wildman–Crippen LogP) is 4.26. The fourth-order valence-corrected chi connectivity index (χ4v) is 2.86. The molecule has 0 atom stereocenters. The lowest BCUT2D eigenvalue weighted by atomic mass is 10.1. The van der Waals surface area contributed by atoms with E-state index in [4.69, 9.17) is 4.98 Å². The Kier molecular flexibility index (Phi) is 4.38. The van der Waals surface area contributed by atoms with Gasteiger partial charge >= 0.3 is 0 Å². The highest BCUT2D eigenvalue weighted by Gasteiger charge is 2.15. The molecule has 0 saturated heterocycles. The third kappa shape index (κ3) is 3.88. The van der Waals surface area contributed by atoms with Gasteiger partial charge in [0.2, 0.25) is 0 Å². The number of hydrogen-bond acceptors (Lipinski definition) is 3. The van der Waals surface area contributed by atoms with Crippen molar-refractivity contribution < 1.29 is 0 Å². The number of nitrogens with zero attached hydrogens (tertiary/aromatic N) is 1. The highest BCUT2D eigenvalue weighted by molar-refractivity contribution is 7.15. The summed E-state index contributed by atoms with van der Waals surface area (Å²) in [6.07, 6.45) is 1.00. The van der Waals surface area contributed by atoms with Crippen molar-refractivity contribution in [1.29, 1.82) is 0 Å². The van der Waals surface area contributed by atoms with E-state index in [0.29, 0.717) is 0 Å². The molecule has 0 radical (unpaired) electrons. The molecule has 0 amide bonds. The fourth-order valence-electron chi connectivity index (χ4n) is 1.84. The molecule has 0 bridgehead atoms. The van der Waals surface area contributed by atoms with Gasteiger partial charge in [-0.25, -0.2) is 4.98 Å². The van der Waals surface area contributed by atoms with E-state index in [9.17, 15) is 0 Å².